The van der Waals surface area contributed by atoms with Crippen LogP contribution in [0.3, 0.4) is 0 Å². The van der Waals surface area contributed by atoms with E-state index in [4.69, 9.17) is 0 Å². The largest absolute Gasteiger partial charge is 0.385 e. The van der Waals surface area contributed by atoms with Crippen molar-refractivity contribution in [2.24, 2.45) is 11.8 Å². The van der Waals surface area contributed by atoms with Gasteiger partial charge in [0, 0.05) is 5.92 Å². The zero-order chi connectivity index (χ0) is 13.9. The molecule has 100 valence electrons. The lowest BCUT2D eigenvalue weighted by molar-refractivity contribution is -0.129. The van der Waals surface area contributed by atoms with E-state index >= 15 is 0 Å². The molecule has 0 radical (unpaired) electrons. The van der Waals surface area contributed by atoms with Crippen molar-refractivity contribution >= 4 is 11.6 Å². The molecule has 3 unspecified atom stereocenters. The van der Waals surface area contributed by atoms with Crippen LogP contribution in [-0.2, 0) is 9.59 Å². The molecular weight excluding hydrogens is 228 g/mol. The molecule has 0 heterocycles. The molecule has 3 nitrogen and oxygen atoms in total. The Morgan fingerprint density at radius 2 is 2.11 bits per heavy atom. The first-order valence-corrected chi connectivity index (χ1v) is 6.40. The molecule has 0 bridgehead atoms. The Labute approximate surface area is 109 Å². The molecule has 1 N–H and O–H groups in total. The second-order valence-corrected chi connectivity index (χ2v) is 5.47. The maximum Gasteiger partial charge on any atom is 0.184 e. The molecule has 0 spiro atoms. The number of rotatable bonds is 4. The summed E-state index contributed by atoms with van der Waals surface area (Å²) in [6.45, 7) is 7.34. The summed E-state index contributed by atoms with van der Waals surface area (Å²) in [6.07, 6.45) is 3.59. The minimum absolute atomic E-state index is 0.0373. The summed E-state index contributed by atoms with van der Waals surface area (Å²) in [5.41, 5.74) is 1.94. The summed E-state index contributed by atoms with van der Waals surface area (Å²) in [7, 11) is 0. The lowest BCUT2D eigenvalue weighted by Gasteiger charge is -2.27. The molecule has 3 atom stereocenters. The fraction of sp³-hybridized carbons (Fsp3) is 0.600. The highest BCUT2D eigenvalue weighted by atomic mass is 16.3. The summed E-state index contributed by atoms with van der Waals surface area (Å²) in [4.78, 5) is 23.6. The standard InChI is InChI=1S/C15H22O3/c1-9(2)7-14(17)15(18)11(4)12-6-5-10(3)8-13(12)16/h7-8,11-12,15,18H,5-6H2,1-4H3. The van der Waals surface area contributed by atoms with Gasteiger partial charge < -0.3 is 5.11 Å². The van der Waals surface area contributed by atoms with Crippen LogP contribution in [0.25, 0.3) is 0 Å². The molecule has 1 aliphatic carbocycles. The molecule has 0 aromatic rings. The molecule has 0 saturated heterocycles. The van der Waals surface area contributed by atoms with E-state index in [1.165, 1.54) is 6.08 Å². The monoisotopic (exact) mass is 250 g/mol. The predicted molar refractivity (Wildman–Crippen MR) is 71.1 cm³/mol. The van der Waals surface area contributed by atoms with Gasteiger partial charge in [-0.3, -0.25) is 9.59 Å². The molecule has 0 saturated carbocycles. The molecule has 18 heavy (non-hydrogen) atoms. The Morgan fingerprint density at radius 1 is 1.50 bits per heavy atom. The molecule has 0 fully saturated rings. The molecular formula is C15H22O3. The SMILES string of the molecule is CC(C)=CC(=O)C(O)C(C)C1CCC(C)=CC1=O. The van der Waals surface area contributed by atoms with E-state index in [1.807, 2.05) is 20.8 Å². The first kappa shape index (κ1) is 14.8. The lowest BCUT2D eigenvalue weighted by Crippen LogP contribution is -2.36. The van der Waals surface area contributed by atoms with Crippen molar-refractivity contribution in [3.63, 3.8) is 0 Å². The zero-order valence-corrected chi connectivity index (χ0v) is 11.6. The number of carbonyl (C=O) groups excluding carboxylic acids is 2. The van der Waals surface area contributed by atoms with Crippen molar-refractivity contribution < 1.29 is 14.7 Å². The third kappa shape index (κ3) is 3.64. The quantitative estimate of drug-likeness (QED) is 0.780. The first-order valence-electron chi connectivity index (χ1n) is 6.40. The number of aliphatic hydroxyl groups excluding tert-OH is 1. The van der Waals surface area contributed by atoms with E-state index < -0.39 is 6.10 Å². The van der Waals surface area contributed by atoms with Gasteiger partial charge in [-0.05, 0) is 51.7 Å². The van der Waals surface area contributed by atoms with Crippen molar-refractivity contribution in [3.05, 3.63) is 23.3 Å². The number of allylic oxidation sites excluding steroid dienone is 3. The van der Waals surface area contributed by atoms with Gasteiger partial charge in [-0.2, -0.15) is 0 Å². The van der Waals surface area contributed by atoms with Gasteiger partial charge in [-0.15, -0.1) is 0 Å². The van der Waals surface area contributed by atoms with E-state index in [0.717, 1.165) is 24.0 Å². The summed E-state index contributed by atoms with van der Waals surface area (Å²) >= 11 is 0. The van der Waals surface area contributed by atoms with Crippen LogP contribution in [0.5, 0.6) is 0 Å². The second kappa shape index (κ2) is 6.10. The lowest BCUT2D eigenvalue weighted by atomic mass is 9.77. The Hall–Kier alpha value is -1.22. The molecule has 0 amide bonds. The van der Waals surface area contributed by atoms with E-state index in [0.29, 0.717) is 0 Å². The highest BCUT2D eigenvalue weighted by Crippen LogP contribution is 2.29. The molecule has 3 heteroatoms. The molecule has 1 rings (SSSR count). The summed E-state index contributed by atoms with van der Waals surface area (Å²) in [5, 5.41) is 10.0. The van der Waals surface area contributed by atoms with E-state index in [-0.39, 0.29) is 23.4 Å². The van der Waals surface area contributed by atoms with Crippen LogP contribution in [-0.4, -0.2) is 22.8 Å². The number of hydrogen-bond donors (Lipinski definition) is 1. The van der Waals surface area contributed by atoms with Crippen molar-refractivity contribution in [1.29, 1.82) is 0 Å². The molecule has 0 aliphatic heterocycles. The molecule has 1 aliphatic rings. The van der Waals surface area contributed by atoms with Crippen LogP contribution in [0, 0.1) is 11.8 Å². The number of aliphatic hydroxyl groups is 1. The van der Waals surface area contributed by atoms with Gasteiger partial charge in [0.1, 0.15) is 6.10 Å². The average Bonchev–Trinajstić information content (AvgIpc) is 2.26. The van der Waals surface area contributed by atoms with Crippen LogP contribution in [0.2, 0.25) is 0 Å². The van der Waals surface area contributed by atoms with Gasteiger partial charge in [0.25, 0.3) is 0 Å². The fourth-order valence-electron chi connectivity index (χ4n) is 2.32. The summed E-state index contributed by atoms with van der Waals surface area (Å²) < 4.78 is 0. The number of hydrogen-bond acceptors (Lipinski definition) is 3. The Kier molecular flexibility index (Phi) is 5.03. The third-order valence-corrected chi connectivity index (χ3v) is 3.46. The van der Waals surface area contributed by atoms with E-state index in [9.17, 15) is 14.7 Å². The van der Waals surface area contributed by atoms with Crippen LogP contribution in [0.4, 0.5) is 0 Å². The van der Waals surface area contributed by atoms with Gasteiger partial charge in [0.05, 0.1) is 0 Å². The van der Waals surface area contributed by atoms with Crippen molar-refractivity contribution in [2.75, 3.05) is 0 Å². The predicted octanol–water partition coefficient (Wildman–Crippen LogP) is 2.44. The minimum Gasteiger partial charge on any atom is -0.385 e. The van der Waals surface area contributed by atoms with E-state index in [2.05, 4.69) is 0 Å². The number of ketones is 2. The Morgan fingerprint density at radius 3 is 2.61 bits per heavy atom. The van der Waals surface area contributed by atoms with Crippen LogP contribution in [0.1, 0.15) is 40.5 Å². The van der Waals surface area contributed by atoms with Gasteiger partial charge in [-0.1, -0.05) is 18.1 Å². The van der Waals surface area contributed by atoms with Gasteiger partial charge in [0.15, 0.2) is 11.6 Å². The highest BCUT2D eigenvalue weighted by molar-refractivity contribution is 5.96. The van der Waals surface area contributed by atoms with Gasteiger partial charge in [-0.25, -0.2) is 0 Å². The minimum atomic E-state index is -1.08. The number of carbonyl (C=O) groups is 2. The van der Waals surface area contributed by atoms with Gasteiger partial charge >= 0.3 is 0 Å². The highest BCUT2D eigenvalue weighted by Gasteiger charge is 2.33. The zero-order valence-electron chi connectivity index (χ0n) is 11.6. The normalized spacial score (nSPS) is 23.1. The molecule has 0 aromatic carbocycles. The molecule has 0 aromatic heterocycles. The average molecular weight is 250 g/mol. The fourth-order valence-corrected chi connectivity index (χ4v) is 2.32. The second-order valence-electron chi connectivity index (χ2n) is 5.47. The van der Waals surface area contributed by atoms with Crippen LogP contribution < -0.4 is 0 Å². The maximum atomic E-state index is 11.9. The summed E-state index contributed by atoms with van der Waals surface area (Å²) in [6, 6.07) is 0. The van der Waals surface area contributed by atoms with Gasteiger partial charge in [0.2, 0.25) is 0 Å². The smallest absolute Gasteiger partial charge is 0.184 e. The first-order chi connectivity index (χ1) is 8.32. The Balaban J connectivity index is 2.76. The summed E-state index contributed by atoms with van der Waals surface area (Å²) in [5.74, 6) is -0.833. The Bertz CT molecular complexity index is 400. The van der Waals surface area contributed by atoms with Crippen molar-refractivity contribution in [2.45, 2.75) is 46.6 Å². The van der Waals surface area contributed by atoms with Crippen LogP contribution >= 0.6 is 0 Å². The third-order valence-electron chi connectivity index (χ3n) is 3.46. The maximum absolute atomic E-state index is 11.9. The topological polar surface area (TPSA) is 54.4 Å². The van der Waals surface area contributed by atoms with E-state index in [1.54, 1.807) is 13.0 Å². The van der Waals surface area contributed by atoms with Crippen molar-refractivity contribution in [1.82, 2.24) is 0 Å². The van der Waals surface area contributed by atoms with Crippen LogP contribution in [0.15, 0.2) is 23.3 Å². The van der Waals surface area contributed by atoms with Crippen molar-refractivity contribution in [3.8, 4) is 0 Å².